The lowest BCUT2D eigenvalue weighted by Gasteiger charge is -2.34. The topological polar surface area (TPSA) is 260 Å². The zero-order chi connectivity index (χ0) is 45.1. The number of nitrogens with one attached hydrogen (secondary N) is 5. The molecule has 1 saturated heterocycles. The molecule has 62 heavy (non-hydrogen) atoms. The van der Waals surface area contributed by atoms with Gasteiger partial charge in [0.05, 0.1) is 19.7 Å². The average Bonchev–Trinajstić information content (AvgIpc) is 3.56. The molecule has 20 nitrogen and oxygen atoms in total. The Morgan fingerprint density at radius 1 is 0.903 bits per heavy atom. The lowest BCUT2D eigenvalue weighted by atomic mass is 10.0. The van der Waals surface area contributed by atoms with Gasteiger partial charge in [-0.25, -0.2) is 19.3 Å². The van der Waals surface area contributed by atoms with Crippen LogP contribution in [0.15, 0.2) is 60.7 Å². The van der Waals surface area contributed by atoms with Gasteiger partial charge in [-0.05, 0) is 79.8 Å². The fourth-order valence-electron chi connectivity index (χ4n) is 6.29. The fraction of sp³-hybridized carbons (Fsp3) is 0.366. The second-order valence-electron chi connectivity index (χ2n) is 14.4. The Morgan fingerprint density at radius 3 is 2.31 bits per heavy atom. The summed E-state index contributed by atoms with van der Waals surface area (Å²) in [6.07, 6.45) is -1.84. The molecule has 3 aromatic carbocycles. The van der Waals surface area contributed by atoms with E-state index in [0.29, 0.717) is 33.1 Å². The van der Waals surface area contributed by atoms with Crippen molar-refractivity contribution in [2.75, 3.05) is 37.6 Å². The third-order valence-electron chi connectivity index (χ3n) is 9.83. The average molecular weight is 878 g/mol. The molecule has 0 aromatic heterocycles. The number of benzene rings is 3. The number of hydroxylamine groups is 2. The van der Waals surface area contributed by atoms with Gasteiger partial charge < -0.3 is 46.7 Å². The number of rotatable bonds is 16. The molecule has 1 fully saturated rings. The number of piperidine rings is 1. The van der Waals surface area contributed by atoms with Gasteiger partial charge in [-0.2, -0.15) is 5.06 Å². The Labute approximate surface area is 361 Å². The molecule has 5 rings (SSSR count). The number of likely N-dealkylation sites (tertiary alicyclic amines) is 1. The van der Waals surface area contributed by atoms with Gasteiger partial charge in [-0.3, -0.25) is 28.8 Å². The molecule has 2 heterocycles. The first-order chi connectivity index (χ1) is 29.5. The molecular weight excluding hydrogens is 830 g/mol. The summed E-state index contributed by atoms with van der Waals surface area (Å²) < 4.78 is 10.4. The molecule has 0 radical (unpaired) electrons. The Bertz CT molecular complexity index is 2200. The molecule has 0 bridgehead atoms. The van der Waals surface area contributed by atoms with Crippen molar-refractivity contribution in [3.63, 3.8) is 0 Å². The monoisotopic (exact) mass is 877 g/mol. The van der Waals surface area contributed by atoms with Gasteiger partial charge in [0, 0.05) is 48.0 Å². The number of anilines is 2. The highest BCUT2D eigenvalue weighted by Crippen LogP contribution is 2.30. The van der Waals surface area contributed by atoms with E-state index in [-0.39, 0.29) is 45.6 Å². The van der Waals surface area contributed by atoms with E-state index >= 15 is 0 Å². The van der Waals surface area contributed by atoms with Crippen LogP contribution in [0.2, 0.25) is 5.02 Å². The van der Waals surface area contributed by atoms with Gasteiger partial charge in [-0.1, -0.05) is 41.9 Å². The second-order valence-corrected chi connectivity index (χ2v) is 14.8. The van der Waals surface area contributed by atoms with Crippen molar-refractivity contribution < 1.29 is 52.7 Å². The molecule has 3 atom stereocenters. The number of carbonyl (C=O) groups excluding carboxylic acids is 8. The van der Waals surface area contributed by atoms with Gasteiger partial charge in [0.1, 0.15) is 18.7 Å². The first kappa shape index (κ1) is 46.3. The van der Waals surface area contributed by atoms with Crippen LogP contribution in [0.25, 0.3) is 0 Å². The van der Waals surface area contributed by atoms with Crippen LogP contribution in [-0.4, -0.2) is 108 Å². The quantitative estimate of drug-likeness (QED) is 0.0897. The Balaban J connectivity index is 1.03. The molecule has 9 amide bonds. The predicted molar refractivity (Wildman–Crippen MR) is 223 cm³/mol. The second kappa shape index (κ2) is 21.2. The van der Waals surface area contributed by atoms with E-state index in [4.69, 9.17) is 31.6 Å². The fourth-order valence-corrected chi connectivity index (χ4v) is 6.47. The van der Waals surface area contributed by atoms with Crippen LogP contribution in [0.4, 0.5) is 25.8 Å². The largest absolute Gasteiger partial charge is 0.443 e. The number of nitrogens with zero attached hydrogens (tertiary/aromatic N) is 3. The van der Waals surface area contributed by atoms with E-state index < -0.39 is 72.6 Å². The van der Waals surface area contributed by atoms with Crippen LogP contribution < -0.4 is 32.3 Å². The molecular formula is C41H48ClN9O11. The number of nitrogens with two attached hydrogens (primary N) is 1. The summed E-state index contributed by atoms with van der Waals surface area (Å²) in [5, 5.41) is 14.4. The van der Waals surface area contributed by atoms with Crippen LogP contribution in [0.3, 0.4) is 0 Å². The minimum absolute atomic E-state index is 0.0706. The van der Waals surface area contributed by atoms with Crippen LogP contribution in [0.1, 0.15) is 59.3 Å². The molecule has 7 N–H and O–H groups in total. The summed E-state index contributed by atoms with van der Waals surface area (Å²) in [4.78, 5) is 109. The lowest BCUT2D eigenvalue weighted by Crippen LogP contribution is -2.55. The first-order valence-corrected chi connectivity index (χ1v) is 19.8. The number of amides is 9. The number of hydrogen-bond acceptors (Lipinski definition) is 12. The summed E-state index contributed by atoms with van der Waals surface area (Å²) in [7, 11) is 1.23. The normalized spacial score (nSPS) is 15.5. The van der Waals surface area contributed by atoms with Crippen molar-refractivity contribution in [1.82, 2.24) is 30.8 Å². The summed E-state index contributed by atoms with van der Waals surface area (Å²) in [6, 6.07) is 13.7. The summed E-state index contributed by atoms with van der Waals surface area (Å²) in [6.45, 7) is 3.95. The molecule has 0 saturated carbocycles. The first-order valence-electron chi connectivity index (χ1n) is 19.5. The van der Waals surface area contributed by atoms with Crippen molar-refractivity contribution in [3.8, 4) is 0 Å². The third-order valence-corrected chi connectivity index (χ3v) is 10.2. The Kier molecular flexibility index (Phi) is 15.8. The molecule has 2 aliphatic heterocycles. The minimum atomic E-state index is -0.989. The minimum Gasteiger partial charge on any atom is -0.443 e. The van der Waals surface area contributed by atoms with Crippen molar-refractivity contribution in [2.24, 2.45) is 5.73 Å². The highest BCUT2D eigenvalue weighted by atomic mass is 35.5. The van der Waals surface area contributed by atoms with Gasteiger partial charge in [0.15, 0.2) is 6.73 Å². The van der Waals surface area contributed by atoms with Gasteiger partial charge in [0.25, 0.3) is 11.8 Å². The summed E-state index contributed by atoms with van der Waals surface area (Å²) in [5.74, 6) is -2.58. The maximum atomic E-state index is 13.5. The Hall–Kier alpha value is -6.77. The smallest absolute Gasteiger partial charge is 0.434 e. The standard InChI is InChI=1S/C41H48ClN9O11/c1-23-5-9-30(18-32(23)42)48-39(57)45-19-27-8-12-31-28(17-27)20-49(37(31)55)33-13-14-34(52)50(38(33)56)22-62-40(58)44-15-16-51(60-4)41(59)61-21-26-6-10-29(11-7-26)47-36(54)25(3)46-35(53)24(2)43/h5-12,17-18,24-25,33H,13-16,19-22,43H2,1-4H3,(H,44,58)(H,46,53)(H,47,54)(H2,45,48,57)/t24-,25-,33?/m0/s1. The Morgan fingerprint density at radius 2 is 1.61 bits per heavy atom. The SMILES string of the molecule is CON(CCNC(=O)OCN1C(=O)CCC(N2Cc3cc(CNC(=O)Nc4ccc(C)c(Cl)c4)ccc3C2=O)C1=O)C(=O)OCc1ccc(NC(=O)[C@H](C)NC(=O)[C@H](C)N)cc1. The van der Waals surface area contributed by atoms with Crippen LogP contribution in [-0.2, 0) is 53.2 Å². The van der Waals surface area contributed by atoms with Crippen molar-refractivity contribution in [1.29, 1.82) is 0 Å². The van der Waals surface area contributed by atoms with Crippen LogP contribution >= 0.6 is 11.6 Å². The van der Waals surface area contributed by atoms with Gasteiger partial charge >= 0.3 is 18.2 Å². The molecule has 0 aliphatic carbocycles. The molecule has 3 aromatic rings. The van der Waals surface area contributed by atoms with Gasteiger partial charge in [-0.15, -0.1) is 0 Å². The maximum absolute atomic E-state index is 13.5. The van der Waals surface area contributed by atoms with E-state index in [1.807, 2.05) is 6.92 Å². The number of aryl methyl sites for hydroxylation is 1. The molecule has 1 unspecified atom stereocenters. The number of imide groups is 1. The van der Waals surface area contributed by atoms with E-state index in [1.54, 1.807) is 60.7 Å². The number of halogens is 1. The lowest BCUT2D eigenvalue weighted by molar-refractivity contribution is -0.156. The van der Waals surface area contributed by atoms with Gasteiger partial charge in [0.2, 0.25) is 17.7 Å². The number of fused-ring (bicyclic) bond motifs is 1. The van der Waals surface area contributed by atoms with Crippen molar-refractivity contribution >= 4 is 70.7 Å². The zero-order valence-corrected chi connectivity index (χ0v) is 35.2. The summed E-state index contributed by atoms with van der Waals surface area (Å²) in [5.41, 5.74) is 9.71. The molecule has 21 heteroatoms. The molecule has 0 spiro atoms. The number of alkyl carbamates (subject to hydrolysis) is 1. The number of urea groups is 1. The van der Waals surface area contributed by atoms with E-state index in [9.17, 15) is 38.4 Å². The highest BCUT2D eigenvalue weighted by Gasteiger charge is 2.43. The number of ether oxygens (including phenoxy) is 2. The van der Waals surface area contributed by atoms with E-state index in [0.717, 1.165) is 21.1 Å². The van der Waals surface area contributed by atoms with E-state index in [2.05, 4.69) is 26.6 Å². The zero-order valence-electron chi connectivity index (χ0n) is 34.5. The highest BCUT2D eigenvalue weighted by molar-refractivity contribution is 6.31. The third kappa shape index (κ3) is 12.2. The molecule has 2 aliphatic rings. The van der Waals surface area contributed by atoms with Crippen molar-refractivity contribution in [2.45, 2.75) is 71.4 Å². The maximum Gasteiger partial charge on any atom is 0.434 e. The summed E-state index contributed by atoms with van der Waals surface area (Å²) >= 11 is 6.14. The number of carbonyl (C=O) groups is 8. The van der Waals surface area contributed by atoms with E-state index in [1.165, 1.54) is 25.9 Å². The van der Waals surface area contributed by atoms with Crippen LogP contribution in [0.5, 0.6) is 0 Å². The van der Waals surface area contributed by atoms with Crippen molar-refractivity contribution in [3.05, 3.63) is 93.5 Å². The van der Waals surface area contributed by atoms with Crippen LogP contribution in [0, 0.1) is 6.92 Å². The number of hydrogen-bond donors (Lipinski definition) is 6. The predicted octanol–water partition coefficient (Wildman–Crippen LogP) is 3.12. The molecule has 330 valence electrons.